The van der Waals surface area contributed by atoms with Crippen LogP contribution in [0, 0.1) is 0 Å². The molecule has 0 unspecified atom stereocenters. The fourth-order valence-corrected chi connectivity index (χ4v) is 2.28. The van der Waals surface area contributed by atoms with Gasteiger partial charge in [0.2, 0.25) is 0 Å². The molecule has 0 aromatic heterocycles. The lowest BCUT2D eigenvalue weighted by Gasteiger charge is -2.19. The van der Waals surface area contributed by atoms with Crippen LogP contribution in [0.2, 0.25) is 0 Å². The van der Waals surface area contributed by atoms with Crippen LogP contribution in [0.25, 0.3) is 0 Å². The minimum Gasteiger partial charge on any atom is -0.0583 e. The molecule has 1 aliphatic rings. The van der Waals surface area contributed by atoms with Crippen LogP contribution in [0.5, 0.6) is 0 Å². The van der Waals surface area contributed by atoms with Crippen LogP contribution in [0.1, 0.15) is 43.4 Å². The molecule has 0 spiro atoms. The molecule has 0 fully saturated rings. The van der Waals surface area contributed by atoms with Gasteiger partial charge in [-0.1, -0.05) is 18.2 Å². The van der Waals surface area contributed by atoms with Gasteiger partial charge in [-0.3, -0.25) is 0 Å². The number of aryl methyl sites for hydroxylation is 2. The lowest BCUT2D eigenvalue weighted by Crippen LogP contribution is -2.14. The van der Waals surface area contributed by atoms with E-state index in [4.69, 9.17) is 0 Å². The minimum absolute atomic E-state index is 0.104. The van der Waals surface area contributed by atoms with Crippen LogP contribution < -0.4 is 0 Å². The van der Waals surface area contributed by atoms with Crippen LogP contribution in [-0.2, 0) is 30.2 Å². The molecule has 0 atom stereocenters. The van der Waals surface area contributed by atoms with Crippen molar-refractivity contribution in [3.63, 3.8) is 0 Å². The van der Waals surface area contributed by atoms with Crippen molar-refractivity contribution < 1.29 is 0 Å². The Bertz CT molecular complexity index is 334. The summed E-state index contributed by atoms with van der Waals surface area (Å²) in [6, 6.07) is 6.95. The van der Waals surface area contributed by atoms with Gasteiger partial charge in [0.15, 0.2) is 0 Å². The summed E-state index contributed by atoms with van der Waals surface area (Å²) < 4.78 is 0.104. The molecule has 1 aliphatic carbocycles. The van der Waals surface area contributed by atoms with Crippen molar-refractivity contribution in [3.05, 3.63) is 34.9 Å². The molecule has 76 valence electrons. The summed E-state index contributed by atoms with van der Waals surface area (Å²) in [4.78, 5) is 0. The van der Waals surface area contributed by atoms with Crippen LogP contribution in [-0.4, -0.2) is 0 Å². The van der Waals surface area contributed by atoms with Gasteiger partial charge < -0.3 is 0 Å². The van der Waals surface area contributed by atoms with Crippen LogP contribution >= 0.6 is 0 Å². The number of benzene rings is 1. The normalized spacial score (nSPS) is 16.5. The van der Waals surface area contributed by atoms with Crippen molar-refractivity contribution in [3.8, 4) is 0 Å². The standard InChI is InChI=1S/C13H18S/c1-13(2,14)12-8-7-10-5-3-4-6-11(10)9-12/h7-9,14H,3-6H2,1-2H3/p+1. The Labute approximate surface area is 92.1 Å². The Hall–Kier alpha value is -0.430. The fraction of sp³-hybridized carbons (Fsp3) is 0.538. The van der Waals surface area contributed by atoms with E-state index >= 15 is 0 Å². The van der Waals surface area contributed by atoms with Gasteiger partial charge >= 0.3 is 0 Å². The Morgan fingerprint density at radius 3 is 2.36 bits per heavy atom. The molecule has 0 nitrogen and oxygen atoms in total. The second-order valence-corrected chi connectivity index (χ2v) is 6.07. The second-order valence-electron chi connectivity index (χ2n) is 4.82. The van der Waals surface area contributed by atoms with Crippen molar-refractivity contribution in [1.82, 2.24) is 0 Å². The third-order valence-corrected chi connectivity index (χ3v) is 3.36. The maximum Gasteiger partial charge on any atom is 0.143 e. The molecule has 0 aliphatic heterocycles. The summed E-state index contributed by atoms with van der Waals surface area (Å²) in [6.45, 7) is 4.41. The Balaban J connectivity index is 2.39. The van der Waals surface area contributed by atoms with Crippen molar-refractivity contribution in [2.75, 3.05) is 0 Å². The Kier molecular flexibility index (Phi) is 2.61. The summed E-state index contributed by atoms with van der Waals surface area (Å²) in [7, 11) is 0. The first kappa shape index (κ1) is 10.1. The molecule has 14 heavy (non-hydrogen) atoms. The van der Waals surface area contributed by atoms with Crippen molar-refractivity contribution in [2.24, 2.45) is 0 Å². The highest BCUT2D eigenvalue weighted by Crippen LogP contribution is 2.27. The first-order valence-electron chi connectivity index (χ1n) is 5.45. The van der Waals surface area contributed by atoms with Gasteiger partial charge in [-0.15, -0.1) is 0 Å². The number of hydrogen-bond donors (Lipinski definition) is 0. The van der Waals surface area contributed by atoms with Gasteiger partial charge in [0.25, 0.3) is 0 Å². The van der Waals surface area contributed by atoms with Crippen molar-refractivity contribution in [1.29, 1.82) is 0 Å². The number of hydrogen-bond acceptors (Lipinski definition) is 0. The van der Waals surface area contributed by atoms with E-state index in [2.05, 4.69) is 44.7 Å². The molecule has 0 radical (unpaired) electrons. The highest BCUT2D eigenvalue weighted by molar-refractivity contribution is 7.59. The Morgan fingerprint density at radius 2 is 1.71 bits per heavy atom. The summed E-state index contributed by atoms with van der Waals surface area (Å²) >= 11 is 3.77. The monoisotopic (exact) mass is 207 g/mol. The summed E-state index contributed by atoms with van der Waals surface area (Å²) in [6.07, 6.45) is 5.27. The SMILES string of the molecule is CC(C)([SH2+])c1ccc2c(c1)CCCC2. The molecule has 0 heterocycles. The molecule has 0 saturated carbocycles. The third kappa shape index (κ3) is 1.98. The van der Waals surface area contributed by atoms with Gasteiger partial charge in [-0.25, -0.2) is 0 Å². The van der Waals surface area contributed by atoms with Gasteiger partial charge in [-0.05, 0) is 63.3 Å². The highest BCUT2D eigenvalue weighted by atomic mass is 32.1. The summed E-state index contributed by atoms with van der Waals surface area (Å²) in [5.41, 5.74) is 4.53. The zero-order valence-corrected chi connectivity index (χ0v) is 10.1. The predicted octanol–water partition coefficient (Wildman–Crippen LogP) is 2.81. The molecule has 0 saturated heterocycles. The van der Waals surface area contributed by atoms with E-state index in [9.17, 15) is 0 Å². The lowest BCUT2D eigenvalue weighted by molar-refractivity contribution is 0.680. The van der Waals surface area contributed by atoms with Gasteiger partial charge in [-0.2, -0.15) is 0 Å². The molecular weight excluding hydrogens is 188 g/mol. The van der Waals surface area contributed by atoms with Crippen LogP contribution in [0.3, 0.4) is 0 Å². The average Bonchev–Trinajstić information content (AvgIpc) is 2.16. The summed E-state index contributed by atoms with van der Waals surface area (Å²) in [5.74, 6) is 0. The van der Waals surface area contributed by atoms with Gasteiger partial charge in [0.05, 0.1) is 0 Å². The third-order valence-electron chi connectivity index (χ3n) is 3.07. The maximum atomic E-state index is 3.77. The number of rotatable bonds is 1. The largest absolute Gasteiger partial charge is 0.143 e. The topological polar surface area (TPSA) is 0 Å². The highest BCUT2D eigenvalue weighted by Gasteiger charge is 2.22. The van der Waals surface area contributed by atoms with E-state index in [-0.39, 0.29) is 4.75 Å². The maximum absolute atomic E-state index is 3.77. The van der Waals surface area contributed by atoms with E-state index in [0.717, 1.165) is 0 Å². The molecule has 0 amide bonds. The van der Waals surface area contributed by atoms with Crippen molar-refractivity contribution >= 4 is 12.6 Å². The van der Waals surface area contributed by atoms with Crippen LogP contribution in [0.4, 0.5) is 0 Å². The zero-order valence-electron chi connectivity index (χ0n) is 9.06. The Morgan fingerprint density at radius 1 is 1.07 bits per heavy atom. The first-order chi connectivity index (χ1) is 6.57. The first-order valence-corrected chi connectivity index (χ1v) is 5.95. The molecular formula is C13H19S+. The van der Waals surface area contributed by atoms with E-state index in [1.165, 1.54) is 31.2 Å². The van der Waals surface area contributed by atoms with Gasteiger partial charge in [0, 0.05) is 5.56 Å². The van der Waals surface area contributed by atoms with Gasteiger partial charge in [0.1, 0.15) is 4.75 Å². The van der Waals surface area contributed by atoms with Crippen LogP contribution in [0.15, 0.2) is 18.2 Å². The van der Waals surface area contributed by atoms with E-state index < -0.39 is 0 Å². The molecule has 0 N–H and O–H groups in total. The second kappa shape index (κ2) is 3.62. The summed E-state index contributed by atoms with van der Waals surface area (Å²) in [5, 5.41) is 0. The van der Waals surface area contributed by atoms with E-state index in [0.29, 0.717) is 0 Å². The minimum atomic E-state index is 0.104. The molecule has 0 bridgehead atoms. The average molecular weight is 207 g/mol. The van der Waals surface area contributed by atoms with Crippen molar-refractivity contribution in [2.45, 2.75) is 44.3 Å². The predicted molar refractivity (Wildman–Crippen MR) is 66.3 cm³/mol. The molecule has 1 aromatic rings. The lowest BCUT2D eigenvalue weighted by atomic mass is 9.88. The number of fused-ring (bicyclic) bond motifs is 1. The molecule has 2 rings (SSSR count). The molecule has 1 heteroatoms. The van der Waals surface area contributed by atoms with E-state index in [1.54, 1.807) is 11.1 Å². The fourth-order valence-electron chi connectivity index (χ4n) is 2.12. The quantitative estimate of drug-likeness (QED) is 0.621. The van der Waals surface area contributed by atoms with E-state index in [1.807, 2.05) is 0 Å². The zero-order chi connectivity index (χ0) is 10.2. The smallest absolute Gasteiger partial charge is 0.0583 e. The molecule has 1 aromatic carbocycles.